The largest absolute Gasteiger partial charge is 0.352 e. The number of alkyl halides is 1. The molecule has 1 unspecified atom stereocenters. The summed E-state index contributed by atoms with van der Waals surface area (Å²) >= 11 is 6.44. The number of fused-ring (bicyclic) bond motifs is 1. The van der Waals surface area contributed by atoms with Crippen molar-refractivity contribution in [3.63, 3.8) is 0 Å². The Labute approximate surface area is 113 Å². The van der Waals surface area contributed by atoms with Crippen molar-refractivity contribution in [1.82, 2.24) is 5.32 Å². The molecule has 2 nitrogen and oxygen atoms in total. The predicted octanol–water partition coefficient (Wildman–Crippen LogP) is 3.44. The van der Waals surface area contributed by atoms with E-state index < -0.39 is 0 Å². The third-order valence-corrected chi connectivity index (χ3v) is 4.32. The van der Waals surface area contributed by atoms with E-state index in [1.54, 1.807) is 0 Å². The van der Waals surface area contributed by atoms with Crippen molar-refractivity contribution >= 4 is 17.5 Å². The molecule has 3 rings (SSSR count). The molecule has 0 aromatic heterocycles. The van der Waals surface area contributed by atoms with Crippen LogP contribution in [0.4, 0.5) is 0 Å². The maximum absolute atomic E-state index is 12.0. The van der Waals surface area contributed by atoms with Crippen LogP contribution in [-0.4, -0.2) is 12.5 Å². The molecule has 1 atom stereocenters. The minimum atomic E-state index is 0.0545. The summed E-state index contributed by atoms with van der Waals surface area (Å²) < 4.78 is 0. The van der Waals surface area contributed by atoms with Crippen LogP contribution in [0.5, 0.6) is 0 Å². The van der Waals surface area contributed by atoms with E-state index in [-0.39, 0.29) is 11.3 Å². The molecule has 0 spiro atoms. The molecule has 1 aromatic carbocycles. The van der Waals surface area contributed by atoms with E-state index in [4.69, 9.17) is 11.6 Å². The smallest absolute Gasteiger partial charge is 0.251 e. The van der Waals surface area contributed by atoms with Gasteiger partial charge in [0.1, 0.15) is 0 Å². The van der Waals surface area contributed by atoms with E-state index in [1.165, 1.54) is 12.8 Å². The molecule has 1 heterocycles. The monoisotopic (exact) mass is 263 g/mol. The first-order chi connectivity index (χ1) is 8.74. The first-order valence-corrected chi connectivity index (χ1v) is 7.23. The van der Waals surface area contributed by atoms with Crippen LogP contribution >= 0.6 is 11.6 Å². The molecule has 96 valence electrons. The van der Waals surface area contributed by atoms with Gasteiger partial charge in [0, 0.05) is 12.1 Å². The maximum Gasteiger partial charge on any atom is 0.251 e. The van der Waals surface area contributed by atoms with Gasteiger partial charge in [0.05, 0.1) is 5.38 Å². The minimum Gasteiger partial charge on any atom is -0.352 e. The Morgan fingerprint density at radius 1 is 1.39 bits per heavy atom. The van der Waals surface area contributed by atoms with Crippen LogP contribution in [-0.2, 0) is 6.42 Å². The fourth-order valence-electron chi connectivity index (χ4n) is 2.58. The summed E-state index contributed by atoms with van der Waals surface area (Å²) in [5.41, 5.74) is 3.08. The van der Waals surface area contributed by atoms with Gasteiger partial charge in [-0.15, -0.1) is 11.6 Å². The highest BCUT2D eigenvalue weighted by Gasteiger charge is 2.26. The van der Waals surface area contributed by atoms with Crippen LogP contribution < -0.4 is 5.32 Å². The molecule has 3 heteroatoms. The topological polar surface area (TPSA) is 29.1 Å². The molecule has 1 fully saturated rings. The van der Waals surface area contributed by atoms with Crippen LogP contribution in [0.3, 0.4) is 0 Å². The number of hydrogen-bond acceptors (Lipinski definition) is 1. The molecule has 18 heavy (non-hydrogen) atoms. The predicted molar refractivity (Wildman–Crippen MR) is 73.0 cm³/mol. The van der Waals surface area contributed by atoms with Gasteiger partial charge in [-0.1, -0.05) is 25.0 Å². The molecule has 2 aliphatic rings. The molecule has 1 amide bonds. The number of amides is 1. The number of carbonyl (C=O) groups is 1. The third-order valence-electron chi connectivity index (χ3n) is 3.89. The molecule has 0 saturated heterocycles. The first kappa shape index (κ1) is 12.0. The summed E-state index contributed by atoms with van der Waals surface area (Å²) in [5.74, 6) is 0.861. The Bertz CT molecular complexity index is 468. The molecule has 1 aromatic rings. The average molecular weight is 264 g/mol. The van der Waals surface area contributed by atoms with Crippen molar-refractivity contribution in [3.8, 4) is 0 Å². The number of hydrogen-bond donors (Lipinski definition) is 1. The van der Waals surface area contributed by atoms with Gasteiger partial charge in [0.25, 0.3) is 5.91 Å². The van der Waals surface area contributed by atoms with E-state index in [0.29, 0.717) is 0 Å². The van der Waals surface area contributed by atoms with Crippen LogP contribution in [0.15, 0.2) is 18.2 Å². The van der Waals surface area contributed by atoms with E-state index in [0.717, 1.165) is 48.4 Å². The highest BCUT2D eigenvalue weighted by molar-refractivity contribution is 6.20. The van der Waals surface area contributed by atoms with Crippen molar-refractivity contribution in [2.75, 3.05) is 6.54 Å². The molecule has 1 aliphatic carbocycles. The highest BCUT2D eigenvalue weighted by atomic mass is 35.5. The van der Waals surface area contributed by atoms with Gasteiger partial charge in [-0.25, -0.2) is 0 Å². The summed E-state index contributed by atoms with van der Waals surface area (Å²) in [6, 6.07) is 6.17. The lowest BCUT2D eigenvalue weighted by Gasteiger charge is -2.12. The van der Waals surface area contributed by atoms with Gasteiger partial charge >= 0.3 is 0 Å². The van der Waals surface area contributed by atoms with Crippen LogP contribution in [0.2, 0.25) is 0 Å². The summed E-state index contributed by atoms with van der Waals surface area (Å²) in [4.78, 5) is 12.0. The second kappa shape index (κ2) is 4.93. The van der Waals surface area contributed by atoms with E-state index in [2.05, 4.69) is 17.4 Å². The SMILES string of the molecule is O=C1NCCCc2ccc(C(Cl)CC3CC3)cc21. The van der Waals surface area contributed by atoms with Gasteiger partial charge < -0.3 is 5.32 Å². The molecule has 1 N–H and O–H groups in total. The minimum absolute atomic E-state index is 0.0545. The van der Waals surface area contributed by atoms with E-state index in [9.17, 15) is 4.79 Å². The Hall–Kier alpha value is -1.02. The Kier molecular flexibility index (Phi) is 3.29. The van der Waals surface area contributed by atoms with Crippen molar-refractivity contribution in [2.24, 2.45) is 5.92 Å². The molecule has 0 bridgehead atoms. The Morgan fingerprint density at radius 3 is 3.00 bits per heavy atom. The lowest BCUT2D eigenvalue weighted by molar-refractivity contribution is 0.0956. The number of halogens is 1. The van der Waals surface area contributed by atoms with E-state index in [1.807, 2.05) is 6.07 Å². The van der Waals surface area contributed by atoms with Gasteiger partial charge in [-0.3, -0.25) is 4.79 Å². The molecule has 1 saturated carbocycles. The quantitative estimate of drug-likeness (QED) is 0.832. The number of rotatable bonds is 3. The number of aryl methyl sites for hydroxylation is 1. The van der Waals surface area contributed by atoms with Crippen molar-refractivity contribution in [1.29, 1.82) is 0 Å². The molecule has 1 aliphatic heterocycles. The third kappa shape index (κ3) is 2.54. The first-order valence-electron chi connectivity index (χ1n) is 6.79. The number of carbonyl (C=O) groups excluding carboxylic acids is 1. The van der Waals surface area contributed by atoms with Crippen molar-refractivity contribution < 1.29 is 4.79 Å². The second-order valence-corrected chi connectivity index (χ2v) is 5.95. The van der Waals surface area contributed by atoms with Crippen LogP contribution in [0, 0.1) is 5.92 Å². The lowest BCUT2D eigenvalue weighted by atomic mass is 9.98. The average Bonchev–Trinajstić information content (AvgIpc) is 3.18. The Morgan fingerprint density at radius 2 is 2.22 bits per heavy atom. The zero-order valence-electron chi connectivity index (χ0n) is 10.4. The maximum atomic E-state index is 12.0. The summed E-state index contributed by atoms with van der Waals surface area (Å²) in [7, 11) is 0. The van der Waals surface area contributed by atoms with E-state index >= 15 is 0 Å². The standard InChI is InChI=1S/C15H18ClNO/c16-14(8-10-3-4-10)12-6-5-11-2-1-7-17-15(18)13(11)9-12/h5-6,9-10,14H,1-4,7-8H2,(H,17,18). The zero-order chi connectivity index (χ0) is 12.5. The summed E-state index contributed by atoms with van der Waals surface area (Å²) in [5, 5.41) is 2.99. The fourth-order valence-corrected chi connectivity index (χ4v) is 2.96. The highest BCUT2D eigenvalue weighted by Crippen LogP contribution is 2.40. The van der Waals surface area contributed by atoms with Gasteiger partial charge in [-0.05, 0) is 42.4 Å². The summed E-state index contributed by atoms with van der Waals surface area (Å²) in [6.07, 6.45) is 5.67. The summed E-state index contributed by atoms with van der Waals surface area (Å²) in [6.45, 7) is 0.773. The van der Waals surface area contributed by atoms with Gasteiger partial charge in [0.2, 0.25) is 0 Å². The second-order valence-electron chi connectivity index (χ2n) is 5.42. The van der Waals surface area contributed by atoms with Crippen molar-refractivity contribution in [3.05, 3.63) is 34.9 Å². The lowest BCUT2D eigenvalue weighted by Crippen LogP contribution is -2.22. The molecular weight excluding hydrogens is 246 g/mol. The number of benzene rings is 1. The van der Waals surface area contributed by atoms with Crippen molar-refractivity contribution in [2.45, 2.75) is 37.5 Å². The molecular formula is C15H18ClNO. The molecule has 0 radical (unpaired) electrons. The van der Waals surface area contributed by atoms with Gasteiger partial charge in [0.15, 0.2) is 0 Å². The van der Waals surface area contributed by atoms with Gasteiger partial charge in [-0.2, -0.15) is 0 Å². The Balaban J connectivity index is 1.85. The fraction of sp³-hybridized carbons (Fsp3) is 0.533. The normalized spacial score (nSPS) is 20.8. The zero-order valence-corrected chi connectivity index (χ0v) is 11.2. The van der Waals surface area contributed by atoms with Crippen LogP contribution in [0.25, 0.3) is 0 Å². The number of nitrogens with one attached hydrogen (secondary N) is 1. The van der Waals surface area contributed by atoms with Crippen LogP contribution in [0.1, 0.15) is 52.5 Å².